The van der Waals surface area contributed by atoms with Gasteiger partial charge in [-0.05, 0) is 48.9 Å². The molecule has 0 bridgehead atoms. The molecule has 0 aliphatic carbocycles. The Bertz CT molecular complexity index is 1230. The first-order chi connectivity index (χ1) is 17.8. The Labute approximate surface area is 216 Å². The van der Waals surface area contributed by atoms with E-state index in [9.17, 15) is 19.2 Å². The van der Waals surface area contributed by atoms with Gasteiger partial charge in [-0.15, -0.1) is 0 Å². The molecule has 0 saturated carbocycles. The summed E-state index contributed by atoms with van der Waals surface area (Å²) in [6.07, 6.45) is 0. The van der Waals surface area contributed by atoms with Crippen molar-refractivity contribution in [2.75, 3.05) is 42.4 Å². The van der Waals surface area contributed by atoms with Gasteiger partial charge in [-0.2, -0.15) is 0 Å². The zero-order chi connectivity index (χ0) is 26.8. The van der Waals surface area contributed by atoms with Gasteiger partial charge in [-0.25, -0.2) is 4.79 Å². The number of esters is 1. The van der Waals surface area contributed by atoms with Crippen molar-refractivity contribution < 1.29 is 23.9 Å². The fourth-order valence-electron chi connectivity index (χ4n) is 3.59. The summed E-state index contributed by atoms with van der Waals surface area (Å²) in [6, 6.07) is 24.1. The highest BCUT2D eigenvalue weighted by Gasteiger charge is 2.22. The van der Waals surface area contributed by atoms with Crippen molar-refractivity contribution in [3.63, 3.8) is 0 Å². The topological polar surface area (TPSA) is 108 Å². The monoisotopic (exact) mass is 502 g/mol. The number of hydrogen-bond acceptors (Lipinski definition) is 5. The summed E-state index contributed by atoms with van der Waals surface area (Å²) < 4.78 is 4.77. The van der Waals surface area contributed by atoms with Crippen LogP contribution in [0.2, 0.25) is 0 Å². The van der Waals surface area contributed by atoms with Crippen LogP contribution >= 0.6 is 0 Å². The number of anilines is 3. The number of ether oxygens (including phenoxy) is 1. The van der Waals surface area contributed by atoms with Gasteiger partial charge < -0.3 is 25.2 Å². The molecule has 0 aliphatic heterocycles. The molecular weight excluding hydrogens is 472 g/mol. The number of urea groups is 1. The van der Waals surface area contributed by atoms with Crippen molar-refractivity contribution >= 4 is 40.9 Å². The minimum absolute atomic E-state index is 0.203. The summed E-state index contributed by atoms with van der Waals surface area (Å²) in [4.78, 5) is 53.2. The van der Waals surface area contributed by atoms with Crippen LogP contribution in [0.25, 0.3) is 0 Å². The van der Waals surface area contributed by atoms with E-state index in [1.807, 2.05) is 24.3 Å². The lowest BCUT2D eigenvalue weighted by atomic mass is 10.0. The zero-order valence-electron chi connectivity index (χ0n) is 21.0. The third-order valence-corrected chi connectivity index (χ3v) is 5.78. The fourth-order valence-corrected chi connectivity index (χ4v) is 3.59. The molecule has 9 nitrogen and oxygen atoms in total. The molecule has 192 valence electrons. The van der Waals surface area contributed by atoms with Gasteiger partial charge in [0.2, 0.25) is 11.8 Å². The zero-order valence-corrected chi connectivity index (χ0v) is 21.0. The second-order valence-corrected chi connectivity index (χ2v) is 8.28. The summed E-state index contributed by atoms with van der Waals surface area (Å²) in [6.45, 7) is 1.17. The largest absolute Gasteiger partial charge is 0.469 e. The Morgan fingerprint density at radius 3 is 2.08 bits per heavy atom. The lowest BCUT2D eigenvalue weighted by molar-refractivity contribution is -0.142. The van der Waals surface area contributed by atoms with Crippen molar-refractivity contribution in [1.29, 1.82) is 0 Å². The van der Waals surface area contributed by atoms with Crippen LogP contribution in [0.4, 0.5) is 21.9 Å². The molecule has 0 aliphatic rings. The maximum atomic E-state index is 13.1. The van der Waals surface area contributed by atoms with Crippen LogP contribution in [0, 0.1) is 0 Å². The van der Waals surface area contributed by atoms with E-state index in [4.69, 9.17) is 4.74 Å². The van der Waals surface area contributed by atoms with E-state index in [1.165, 1.54) is 16.9 Å². The van der Waals surface area contributed by atoms with E-state index >= 15 is 0 Å². The Kier molecular flexibility index (Phi) is 9.37. The van der Waals surface area contributed by atoms with Gasteiger partial charge in [0.1, 0.15) is 6.54 Å². The van der Waals surface area contributed by atoms with Crippen LogP contribution < -0.4 is 20.4 Å². The lowest BCUT2D eigenvalue weighted by Gasteiger charge is -2.25. The highest BCUT2D eigenvalue weighted by atomic mass is 16.5. The summed E-state index contributed by atoms with van der Waals surface area (Å²) in [7, 11) is 2.96. The first-order valence-corrected chi connectivity index (χ1v) is 11.7. The molecule has 0 spiro atoms. The van der Waals surface area contributed by atoms with Gasteiger partial charge in [0.15, 0.2) is 0 Å². The molecule has 0 saturated heterocycles. The first-order valence-electron chi connectivity index (χ1n) is 11.7. The van der Waals surface area contributed by atoms with E-state index in [-0.39, 0.29) is 25.0 Å². The number of nitrogens with zero attached hydrogens (tertiary/aromatic N) is 2. The number of carbonyl (C=O) groups excluding carboxylic acids is 4. The average Bonchev–Trinajstić information content (AvgIpc) is 2.94. The number of methoxy groups -OCH3 is 1. The maximum Gasteiger partial charge on any atom is 0.319 e. The molecule has 1 atom stereocenters. The average molecular weight is 503 g/mol. The Balaban J connectivity index is 1.65. The predicted molar refractivity (Wildman–Crippen MR) is 143 cm³/mol. The standard InChI is InChI=1S/C28H30N4O5/c1-20(27(35)37-3)21-11-10-12-22(17-21)30-28(36)29-18-25(33)32(24-15-8-5-9-16-24)19-26(34)31(2)23-13-6-4-7-14-23/h4-17,20H,18-19H2,1-3H3,(H2,29,30,36). The number of carbonyl (C=O) groups is 4. The van der Waals surface area contributed by atoms with Gasteiger partial charge >= 0.3 is 12.0 Å². The number of benzene rings is 3. The molecule has 3 rings (SSSR count). The smallest absolute Gasteiger partial charge is 0.319 e. The van der Waals surface area contributed by atoms with Crippen molar-refractivity contribution in [2.24, 2.45) is 0 Å². The first kappa shape index (κ1) is 26.9. The van der Waals surface area contributed by atoms with Gasteiger partial charge in [-0.1, -0.05) is 48.5 Å². The minimum Gasteiger partial charge on any atom is -0.469 e. The third-order valence-electron chi connectivity index (χ3n) is 5.78. The molecule has 0 radical (unpaired) electrons. The summed E-state index contributed by atoms with van der Waals surface area (Å²) in [5.41, 5.74) is 2.37. The second-order valence-electron chi connectivity index (χ2n) is 8.28. The molecule has 3 aromatic rings. The highest BCUT2D eigenvalue weighted by Crippen LogP contribution is 2.20. The molecule has 4 amide bonds. The summed E-state index contributed by atoms with van der Waals surface area (Å²) >= 11 is 0. The van der Waals surface area contributed by atoms with Crippen LogP contribution in [0.1, 0.15) is 18.4 Å². The van der Waals surface area contributed by atoms with Gasteiger partial charge in [0, 0.05) is 24.1 Å². The predicted octanol–water partition coefficient (Wildman–Crippen LogP) is 3.78. The molecule has 2 N–H and O–H groups in total. The SMILES string of the molecule is COC(=O)C(C)c1cccc(NC(=O)NCC(=O)N(CC(=O)N(C)c2ccccc2)c2ccccc2)c1. The lowest BCUT2D eigenvalue weighted by Crippen LogP contribution is -2.46. The maximum absolute atomic E-state index is 13.1. The number of hydrogen-bond donors (Lipinski definition) is 2. The molecule has 9 heteroatoms. The van der Waals surface area contributed by atoms with Crippen LogP contribution in [-0.2, 0) is 19.1 Å². The quantitative estimate of drug-likeness (QED) is 0.433. The Morgan fingerprint density at radius 2 is 1.46 bits per heavy atom. The molecular formula is C28H30N4O5. The highest BCUT2D eigenvalue weighted by molar-refractivity contribution is 6.05. The van der Waals surface area contributed by atoms with Crippen molar-refractivity contribution in [3.8, 4) is 0 Å². The summed E-state index contributed by atoms with van der Waals surface area (Å²) in [5, 5.41) is 5.20. The van der Waals surface area contributed by atoms with Crippen LogP contribution in [0.15, 0.2) is 84.9 Å². The molecule has 37 heavy (non-hydrogen) atoms. The number of likely N-dealkylation sites (N-methyl/N-ethyl adjacent to an activating group) is 1. The van der Waals surface area contributed by atoms with Crippen molar-refractivity contribution in [1.82, 2.24) is 5.32 Å². The van der Waals surface area contributed by atoms with Crippen LogP contribution in [-0.4, -0.2) is 51.1 Å². The van der Waals surface area contributed by atoms with E-state index in [0.29, 0.717) is 22.6 Å². The number of nitrogens with one attached hydrogen (secondary N) is 2. The number of amides is 4. The summed E-state index contributed by atoms with van der Waals surface area (Å²) in [5.74, 6) is -1.63. The van der Waals surface area contributed by atoms with E-state index in [0.717, 1.165) is 0 Å². The van der Waals surface area contributed by atoms with Gasteiger partial charge in [0.05, 0.1) is 19.6 Å². The van der Waals surface area contributed by atoms with E-state index < -0.39 is 17.9 Å². The fraction of sp³-hybridized carbons (Fsp3) is 0.214. The normalized spacial score (nSPS) is 11.1. The number of para-hydroxylation sites is 2. The second kappa shape index (κ2) is 12.9. The van der Waals surface area contributed by atoms with Crippen LogP contribution in [0.5, 0.6) is 0 Å². The minimum atomic E-state index is -0.600. The van der Waals surface area contributed by atoms with Crippen molar-refractivity contribution in [2.45, 2.75) is 12.8 Å². The Morgan fingerprint density at radius 1 is 0.838 bits per heavy atom. The van der Waals surface area contributed by atoms with E-state index in [1.54, 1.807) is 74.6 Å². The van der Waals surface area contributed by atoms with Crippen molar-refractivity contribution in [3.05, 3.63) is 90.5 Å². The molecule has 0 heterocycles. The third kappa shape index (κ3) is 7.41. The number of rotatable bonds is 9. The van der Waals surface area contributed by atoms with Crippen LogP contribution in [0.3, 0.4) is 0 Å². The molecule has 1 unspecified atom stereocenters. The molecule has 0 aromatic heterocycles. The van der Waals surface area contributed by atoms with E-state index in [2.05, 4.69) is 10.6 Å². The van der Waals surface area contributed by atoms with Gasteiger partial charge in [-0.3, -0.25) is 14.4 Å². The molecule has 3 aromatic carbocycles. The molecule has 0 fully saturated rings. The Hall–Kier alpha value is -4.66. The van der Waals surface area contributed by atoms with Gasteiger partial charge in [0.25, 0.3) is 0 Å².